The summed E-state index contributed by atoms with van der Waals surface area (Å²) < 4.78 is 7.72. The second-order valence-corrected chi connectivity index (χ2v) is 8.09. The van der Waals surface area contributed by atoms with Crippen molar-refractivity contribution in [1.29, 1.82) is 0 Å². The first-order chi connectivity index (χ1) is 16.5. The molecule has 4 rings (SSSR count). The van der Waals surface area contributed by atoms with Gasteiger partial charge in [-0.25, -0.2) is 9.97 Å². The van der Waals surface area contributed by atoms with Gasteiger partial charge in [-0.3, -0.25) is 4.79 Å². The maximum absolute atomic E-state index is 11.1. The predicted octanol–water partition coefficient (Wildman–Crippen LogP) is 2.41. The Kier molecular flexibility index (Phi) is 7.07. The number of benzene rings is 1. The van der Waals surface area contributed by atoms with Crippen LogP contribution < -0.4 is 26.8 Å². The van der Waals surface area contributed by atoms with E-state index in [-0.39, 0.29) is 12.5 Å². The van der Waals surface area contributed by atoms with Crippen LogP contribution in [0.2, 0.25) is 0 Å². The summed E-state index contributed by atoms with van der Waals surface area (Å²) in [6.45, 7) is 3.98. The van der Waals surface area contributed by atoms with Crippen molar-refractivity contribution in [2.45, 2.75) is 32.9 Å². The summed E-state index contributed by atoms with van der Waals surface area (Å²) in [7, 11) is 1.60. The molecule has 4 aromatic rings. The van der Waals surface area contributed by atoms with Gasteiger partial charge in [0.05, 0.1) is 25.7 Å². The zero-order valence-corrected chi connectivity index (χ0v) is 19.5. The van der Waals surface area contributed by atoms with E-state index >= 15 is 0 Å². The molecule has 0 spiro atoms. The number of carbonyl (C=O) groups excluding carboxylic acids is 1. The highest BCUT2D eigenvalue weighted by Gasteiger charge is 2.19. The minimum absolute atomic E-state index is 0.0970. The van der Waals surface area contributed by atoms with Gasteiger partial charge in [0.1, 0.15) is 11.0 Å². The molecule has 0 radical (unpaired) electrons. The number of rotatable bonds is 11. The average molecular weight is 463 g/mol. The highest BCUT2D eigenvalue weighted by atomic mass is 16.5. The number of anilines is 2. The normalized spacial score (nSPS) is 11.2. The molecule has 0 saturated heterocycles. The fraction of sp³-hybridized carbons (Fsp3) is 0.333. The molecule has 6 N–H and O–H groups in total. The summed E-state index contributed by atoms with van der Waals surface area (Å²) >= 11 is 0. The number of pyridine rings is 1. The first-order valence-corrected chi connectivity index (χ1v) is 11.3. The van der Waals surface area contributed by atoms with Crippen LogP contribution >= 0.6 is 0 Å². The van der Waals surface area contributed by atoms with Gasteiger partial charge < -0.3 is 31.4 Å². The predicted molar refractivity (Wildman–Crippen MR) is 134 cm³/mol. The maximum Gasteiger partial charge on any atom is 0.231 e. The van der Waals surface area contributed by atoms with E-state index in [0.717, 1.165) is 52.4 Å². The molecule has 3 heterocycles. The van der Waals surface area contributed by atoms with Crippen LogP contribution in [0.3, 0.4) is 0 Å². The van der Waals surface area contributed by atoms with E-state index in [1.165, 1.54) is 0 Å². The van der Waals surface area contributed by atoms with Gasteiger partial charge in [-0.05, 0) is 24.1 Å². The lowest BCUT2D eigenvalue weighted by atomic mass is 10.2. The molecule has 0 unspecified atom stereocenters. The maximum atomic E-state index is 11.1. The van der Waals surface area contributed by atoms with Crippen molar-refractivity contribution >= 4 is 39.6 Å². The summed E-state index contributed by atoms with van der Waals surface area (Å²) in [4.78, 5) is 24.6. The SMILES string of the molecule is CCCCNc1nc(N)nc2c3ccccc3n(Cc3cc(CNCC(N)=O)cnc3OC)c12. The number of methoxy groups -OCH3 is 1. The number of aromatic nitrogens is 4. The minimum atomic E-state index is -0.408. The third-order valence-corrected chi connectivity index (χ3v) is 5.58. The van der Waals surface area contributed by atoms with Crippen LogP contribution in [0.5, 0.6) is 5.88 Å². The van der Waals surface area contributed by atoms with E-state index in [4.69, 9.17) is 16.2 Å². The summed E-state index contributed by atoms with van der Waals surface area (Å²) in [5.41, 5.74) is 15.8. The van der Waals surface area contributed by atoms with Gasteiger partial charge in [0.25, 0.3) is 0 Å². The Morgan fingerprint density at radius 2 is 2.06 bits per heavy atom. The number of fused-ring (bicyclic) bond motifs is 3. The Labute approximate surface area is 197 Å². The van der Waals surface area contributed by atoms with Crippen molar-refractivity contribution in [2.75, 3.05) is 31.2 Å². The van der Waals surface area contributed by atoms with Crippen molar-refractivity contribution in [2.24, 2.45) is 5.73 Å². The van der Waals surface area contributed by atoms with Crippen LogP contribution in [0.4, 0.5) is 11.8 Å². The molecular formula is C24H30N8O2. The van der Waals surface area contributed by atoms with E-state index in [1.807, 2.05) is 24.3 Å². The van der Waals surface area contributed by atoms with Crippen LogP contribution in [0, 0.1) is 0 Å². The second-order valence-electron chi connectivity index (χ2n) is 8.09. The lowest BCUT2D eigenvalue weighted by molar-refractivity contribution is -0.117. The fourth-order valence-corrected chi connectivity index (χ4v) is 4.06. The number of primary amides is 1. The monoisotopic (exact) mass is 462 g/mol. The Morgan fingerprint density at radius 3 is 2.82 bits per heavy atom. The van der Waals surface area contributed by atoms with E-state index in [1.54, 1.807) is 13.3 Å². The van der Waals surface area contributed by atoms with Gasteiger partial charge in [0.2, 0.25) is 17.7 Å². The molecule has 178 valence electrons. The highest BCUT2D eigenvalue weighted by Crippen LogP contribution is 2.33. The van der Waals surface area contributed by atoms with E-state index < -0.39 is 5.91 Å². The molecule has 10 nitrogen and oxygen atoms in total. The number of nitrogens with one attached hydrogen (secondary N) is 2. The molecular weight excluding hydrogens is 432 g/mol. The van der Waals surface area contributed by atoms with Crippen molar-refractivity contribution in [3.05, 3.63) is 47.7 Å². The third kappa shape index (κ3) is 4.86. The van der Waals surface area contributed by atoms with Crippen LogP contribution in [0.15, 0.2) is 36.5 Å². The second kappa shape index (κ2) is 10.3. The topological polar surface area (TPSA) is 146 Å². The number of nitrogen functional groups attached to an aromatic ring is 1. The molecule has 0 aliphatic rings. The Balaban J connectivity index is 1.81. The number of hydrogen-bond acceptors (Lipinski definition) is 8. The molecule has 1 amide bonds. The summed E-state index contributed by atoms with van der Waals surface area (Å²) in [5.74, 6) is 1.06. The summed E-state index contributed by atoms with van der Waals surface area (Å²) in [6.07, 6.45) is 3.81. The fourth-order valence-electron chi connectivity index (χ4n) is 4.06. The summed E-state index contributed by atoms with van der Waals surface area (Å²) in [6, 6.07) is 10.1. The van der Waals surface area contributed by atoms with Gasteiger partial charge in [-0.2, -0.15) is 4.98 Å². The van der Waals surface area contributed by atoms with E-state index in [9.17, 15) is 4.79 Å². The Hall–Kier alpha value is -3.92. The molecule has 10 heteroatoms. The number of hydrogen-bond donors (Lipinski definition) is 4. The lowest BCUT2D eigenvalue weighted by Gasteiger charge is -2.14. The van der Waals surface area contributed by atoms with Crippen LogP contribution in [-0.2, 0) is 17.9 Å². The zero-order chi connectivity index (χ0) is 24.1. The van der Waals surface area contributed by atoms with Crippen LogP contribution in [0.25, 0.3) is 21.9 Å². The molecule has 0 aliphatic carbocycles. The number of ether oxygens (including phenoxy) is 1. The molecule has 0 fully saturated rings. The molecule has 0 saturated carbocycles. The van der Waals surface area contributed by atoms with Crippen molar-refractivity contribution in [3.63, 3.8) is 0 Å². The minimum Gasteiger partial charge on any atom is -0.481 e. The number of nitrogens with two attached hydrogens (primary N) is 2. The van der Waals surface area contributed by atoms with Gasteiger partial charge in [-0.1, -0.05) is 31.5 Å². The molecule has 0 bridgehead atoms. The Bertz CT molecular complexity index is 1320. The third-order valence-electron chi connectivity index (χ3n) is 5.58. The molecule has 3 aromatic heterocycles. The van der Waals surface area contributed by atoms with Gasteiger partial charge in [0, 0.05) is 30.2 Å². The van der Waals surface area contributed by atoms with Gasteiger partial charge in [-0.15, -0.1) is 0 Å². The Morgan fingerprint density at radius 1 is 1.24 bits per heavy atom. The van der Waals surface area contributed by atoms with Gasteiger partial charge >= 0.3 is 0 Å². The number of para-hydroxylation sites is 1. The van der Waals surface area contributed by atoms with Crippen molar-refractivity contribution in [3.8, 4) is 5.88 Å². The molecule has 1 aromatic carbocycles. The molecule has 34 heavy (non-hydrogen) atoms. The summed E-state index contributed by atoms with van der Waals surface area (Å²) in [5, 5.41) is 7.46. The quantitative estimate of drug-likeness (QED) is 0.249. The highest BCUT2D eigenvalue weighted by molar-refractivity contribution is 6.09. The molecule has 0 atom stereocenters. The van der Waals surface area contributed by atoms with E-state index in [0.29, 0.717) is 24.8 Å². The number of amides is 1. The van der Waals surface area contributed by atoms with Crippen molar-refractivity contribution in [1.82, 2.24) is 24.8 Å². The first kappa shape index (κ1) is 23.2. The van der Waals surface area contributed by atoms with Crippen LogP contribution in [-0.4, -0.2) is 45.6 Å². The molecule has 0 aliphatic heterocycles. The average Bonchev–Trinajstić information content (AvgIpc) is 3.13. The largest absolute Gasteiger partial charge is 0.481 e. The van der Waals surface area contributed by atoms with Gasteiger partial charge in [0.15, 0.2) is 5.82 Å². The number of unbranched alkanes of at least 4 members (excludes halogenated alkanes) is 1. The number of carbonyl (C=O) groups is 1. The standard InChI is InChI=1S/C24H30N8O2/c1-3-4-9-28-22-21-20(30-24(26)31-22)17-7-5-6-8-18(17)32(21)14-16-10-15(11-27-13-19(25)33)12-29-23(16)34-2/h5-8,10,12,27H,3-4,9,11,13-14H2,1-2H3,(H2,25,33)(H3,26,28,30,31). The van der Waals surface area contributed by atoms with E-state index in [2.05, 4.69) is 43.1 Å². The number of nitrogens with zero attached hydrogens (tertiary/aromatic N) is 4. The van der Waals surface area contributed by atoms with Crippen LogP contribution in [0.1, 0.15) is 30.9 Å². The lowest BCUT2D eigenvalue weighted by Crippen LogP contribution is -2.28. The first-order valence-electron chi connectivity index (χ1n) is 11.3. The van der Waals surface area contributed by atoms with Crippen molar-refractivity contribution < 1.29 is 9.53 Å². The zero-order valence-electron chi connectivity index (χ0n) is 19.5. The smallest absolute Gasteiger partial charge is 0.231 e.